The largest absolute Gasteiger partial charge is 0.490 e. The Kier molecular flexibility index (Phi) is 8.65. The molecule has 0 saturated carbocycles. The predicted molar refractivity (Wildman–Crippen MR) is 137 cm³/mol. The van der Waals surface area contributed by atoms with Gasteiger partial charge in [0.25, 0.3) is 0 Å². The van der Waals surface area contributed by atoms with Gasteiger partial charge in [0, 0.05) is 56.1 Å². The number of ether oxygens (including phenoxy) is 2. The van der Waals surface area contributed by atoms with E-state index in [1.807, 2.05) is 18.2 Å². The fourth-order valence-corrected chi connectivity index (χ4v) is 3.83. The third-order valence-electron chi connectivity index (χ3n) is 5.60. The van der Waals surface area contributed by atoms with E-state index < -0.39 is 0 Å². The van der Waals surface area contributed by atoms with Crippen molar-refractivity contribution in [2.24, 2.45) is 10.7 Å². The zero-order chi connectivity index (χ0) is 20.8. The lowest BCUT2D eigenvalue weighted by Crippen LogP contribution is -2.50. The normalized spacial score (nSPS) is 18.0. The van der Waals surface area contributed by atoms with E-state index >= 15 is 0 Å². The van der Waals surface area contributed by atoms with Gasteiger partial charge in [-0.05, 0) is 31.2 Å². The minimum atomic E-state index is 0. The van der Waals surface area contributed by atoms with Gasteiger partial charge < -0.3 is 25.4 Å². The summed E-state index contributed by atoms with van der Waals surface area (Å²) in [6.45, 7) is 8.33. The van der Waals surface area contributed by atoms with Crippen LogP contribution in [0.25, 0.3) is 0 Å². The summed E-state index contributed by atoms with van der Waals surface area (Å²) in [4.78, 5) is 9.47. The molecule has 1 saturated heterocycles. The molecule has 0 aromatic heterocycles. The fraction of sp³-hybridized carbons (Fsp3) is 0.435. The zero-order valence-electron chi connectivity index (χ0n) is 18.0. The molecule has 31 heavy (non-hydrogen) atoms. The summed E-state index contributed by atoms with van der Waals surface area (Å²) in [5.41, 5.74) is 8.28. The van der Waals surface area contributed by atoms with Gasteiger partial charge in [0.05, 0.1) is 19.8 Å². The molecular weight excluding hydrogens is 505 g/mol. The molecule has 3 N–H and O–H groups in total. The smallest absolute Gasteiger partial charge is 0.193 e. The van der Waals surface area contributed by atoms with E-state index in [4.69, 9.17) is 15.2 Å². The number of piperazine rings is 1. The fourth-order valence-electron chi connectivity index (χ4n) is 3.83. The number of guanidine groups is 1. The standard InChI is InChI=1S/C23H31N5O2.HI/c1-18(27-10-12-28(13-11-27)20-6-3-2-4-7-20)17-25-23(24)26-19-8-9-21-22(16-19)30-15-5-14-29-21;/h2-4,6-9,16,18H,5,10-15,17H2,1H3,(H3,24,25,26);1H. The number of para-hydroxylation sites is 1. The maximum absolute atomic E-state index is 6.13. The number of nitrogens with one attached hydrogen (secondary N) is 1. The second-order valence-electron chi connectivity index (χ2n) is 7.77. The van der Waals surface area contributed by atoms with Crippen LogP contribution in [-0.2, 0) is 0 Å². The van der Waals surface area contributed by atoms with Crippen LogP contribution in [-0.4, -0.2) is 62.8 Å². The van der Waals surface area contributed by atoms with Gasteiger partial charge in [0.15, 0.2) is 17.5 Å². The Hall–Kier alpha value is -2.20. The van der Waals surface area contributed by atoms with E-state index in [0.29, 0.717) is 31.8 Å². The van der Waals surface area contributed by atoms with Crippen LogP contribution < -0.4 is 25.4 Å². The molecule has 2 heterocycles. The van der Waals surface area contributed by atoms with Gasteiger partial charge in [-0.15, -0.1) is 24.0 Å². The lowest BCUT2D eigenvalue weighted by Gasteiger charge is -2.38. The zero-order valence-corrected chi connectivity index (χ0v) is 20.3. The van der Waals surface area contributed by atoms with Crippen LogP contribution in [0.2, 0.25) is 0 Å². The van der Waals surface area contributed by atoms with Gasteiger partial charge in [0.1, 0.15) is 0 Å². The molecule has 2 aromatic carbocycles. The first kappa shape index (κ1) is 23.5. The van der Waals surface area contributed by atoms with Crippen molar-refractivity contribution < 1.29 is 9.47 Å². The summed E-state index contributed by atoms with van der Waals surface area (Å²) in [5.74, 6) is 1.94. The maximum Gasteiger partial charge on any atom is 0.193 e. The lowest BCUT2D eigenvalue weighted by molar-refractivity contribution is 0.201. The Balaban J connectivity index is 0.00000272. The van der Waals surface area contributed by atoms with Crippen molar-refractivity contribution in [3.05, 3.63) is 48.5 Å². The summed E-state index contributed by atoms with van der Waals surface area (Å²) in [6.07, 6.45) is 0.887. The SMILES string of the molecule is CC(CN=C(N)Nc1ccc2c(c1)OCCCO2)N1CCN(c2ccccc2)CC1.I. The van der Waals surface area contributed by atoms with Crippen LogP contribution in [0.4, 0.5) is 11.4 Å². The molecule has 1 fully saturated rings. The van der Waals surface area contributed by atoms with Crippen molar-refractivity contribution in [3.63, 3.8) is 0 Å². The number of halogens is 1. The van der Waals surface area contributed by atoms with E-state index in [1.54, 1.807) is 0 Å². The molecule has 0 amide bonds. The van der Waals surface area contributed by atoms with Gasteiger partial charge in [-0.2, -0.15) is 0 Å². The number of aliphatic imine (C=N–C) groups is 1. The summed E-state index contributed by atoms with van der Waals surface area (Å²) in [7, 11) is 0. The average Bonchev–Trinajstić information content (AvgIpc) is 3.03. The summed E-state index contributed by atoms with van der Waals surface area (Å²) < 4.78 is 11.4. The number of anilines is 2. The molecule has 1 atom stereocenters. The monoisotopic (exact) mass is 537 g/mol. The van der Waals surface area contributed by atoms with Crippen LogP contribution in [0.5, 0.6) is 11.5 Å². The second kappa shape index (κ2) is 11.4. The maximum atomic E-state index is 6.13. The van der Waals surface area contributed by atoms with E-state index in [0.717, 1.165) is 49.8 Å². The highest BCUT2D eigenvalue weighted by Gasteiger charge is 2.21. The van der Waals surface area contributed by atoms with Crippen LogP contribution in [0.1, 0.15) is 13.3 Å². The highest BCUT2D eigenvalue weighted by atomic mass is 127. The molecular formula is C23H32IN5O2. The lowest BCUT2D eigenvalue weighted by atomic mass is 10.2. The third kappa shape index (κ3) is 6.39. The first-order chi connectivity index (χ1) is 14.7. The Morgan fingerprint density at radius 3 is 2.48 bits per heavy atom. The minimum Gasteiger partial charge on any atom is -0.490 e. The van der Waals surface area contributed by atoms with E-state index in [1.165, 1.54) is 5.69 Å². The van der Waals surface area contributed by atoms with Gasteiger partial charge in [-0.3, -0.25) is 9.89 Å². The number of hydrogen-bond acceptors (Lipinski definition) is 5. The molecule has 4 rings (SSSR count). The first-order valence-corrected chi connectivity index (χ1v) is 10.7. The Bertz CT molecular complexity index is 856. The number of nitrogens with two attached hydrogens (primary N) is 1. The number of rotatable bonds is 5. The van der Waals surface area contributed by atoms with Crippen molar-refractivity contribution in [2.45, 2.75) is 19.4 Å². The molecule has 2 aromatic rings. The molecule has 2 aliphatic rings. The van der Waals surface area contributed by atoms with Crippen LogP contribution >= 0.6 is 24.0 Å². The number of hydrogen-bond donors (Lipinski definition) is 2. The molecule has 0 spiro atoms. The van der Waals surface area contributed by atoms with Gasteiger partial charge in [-0.25, -0.2) is 0 Å². The van der Waals surface area contributed by atoms with E-state index in [9.17, 15) is 0 Å². The van der Waals surface area contributed by atoms with Crippen LogP contribution in [0.3, 0.4) is 0 Å². The highest BCUT2D eigenvalue weighted by molar-refractivity contribution is 14.0. The number of benzene rings is 2. The van der Waals surface area contributed by atoms with Crippen molar-refractivity contribution in [1.29, 1.82) is 0 Å². The topological polar surface area (TPSA) is 75.3 Å². The Morgan fingerprint density at radius 1 is 1.03 bits per heavy atom. The molecule has 1 unspecified atom stereocenters. The van der Waals surface area contributed by atoms with Crippen LogP contribution in [0.15, 0.2) is 53.5 Å². The second-order valence-corrected chi connectivity index (χ2v) is 7.77. The number of fused-ring (bicyclic) bond motifs is 1. The van der Waals surface area contributed by atoms with Gasteiger partial charge in [0.2, 0.25) is 0 Å². The molecule has 0 bridgehead atoms. The molecule has 8 heteroatoms. The molecule has 0 aliphatic carbocycles. The van der Waals surface area contributed by atoms with Crippen molar-refractivity contribution >= 4 is 41.3 Å². The molecule has 168 valence electrons. The minimum absolute atomic E-state index is 0. The summed E-state index contributed by atoms with van der Waals surface area (Å²) in [6, 6.07) is 16.7. The van der Waals surface area contributed by atoms with Crippen LogP contribution in [0, 0.1) is 0 Å². The van der Waals surface area contributed by atoms with Gasteiger partial charge >= 0.3 is 0 Å². The van der Waals surface area contributed by atoms with Crippen molar-refractivity contribution in [3.8, 4) is 11.5 Å². The average molecular weight is 537 g/mol. The quantitative estimate of drug-likeness (QED) is 0.346. The molecule has 0 radical (unpaired) electrons. The first-order valence-electron chi connectivity index (χ1n) is 10.7. The van der Waals surface area contributed by atoms with E-state index in [-0.39, 0.29) is 24.0 Å². The predicted octanol–water partition coefficient (Wildman–Crippen LogP) is 3.40. The third-order valence-corrected chi connectivity index (χ3v) is 5.60. The van der Waals surface area contributed by atoms with Crippen molar-refractivity contribution in [1.82, 2.24) is 4.90 Å². The summed E-state index contributed by atoms with van der Waals surface area (Å²) >= 11 is 0. The Morgan fingerprint density at radius 2 is 1.74 bits per heavy atom. The Labute approximate surface area is 201 Å². The highest BCUT2D eigenvalue weighted by Crippen LogP contribution is 2.32. The molecule has 7 nitrogen and oxygen atoms in total. The summed E-state index contributed by atoms with van der Waals surface area (Å²) in [5, 5.41) is 3.16. The van der Waals surface area contributed by atoms with Crippen molar-refractivity contribution in [2.75, 3.05) is 56.2 Å². The number of nitrogens with zero attached hydrogens (tertiary/aromatic N) is 3. The van der Waals surface area contributed by atoms with Gasteiger partial charge in [-0.1, -0.05) is 18.2 Å². The molecule has 2 aliphatic heterocycles. The van der Waals surface area contributed by atoms with E-state index in [2.05, 4.69) is 57.4 Å².